The second-order valence-corrected chi connectivity index (χ2v) is 6.70. The van der Waals surface area contributed by atoms with Gasteiger partial charge in [-0.15, -0.1) is 0 Å². The predicted molar refractivity (Wildman–Crippen MR) is 82.0 cm³/mol. The maximum absolute atomic E-state index is 10.9. The van der Waals surface area contributed by atoms with Gasteiger partial charge in [-0.3, -0.25) is 0 Å². The second kappa shape index (κ2) is 5.64. The summed E-state index contributed by atoms with van der Waals surface area (Å²) in [5.41, 5.74) is 1.69. The molecule has 0 saturated carbocycles. The lowest BCUT2D eigenvalue weighted by Gasteiger charge is -2.46. The summed E-state index contributed by atoms with van der Waals surface area (Å²) in [5.74, 6) is -1.30. The molecule has 0 bridgehead atoms. The summed E-state index contributed by atoms with van der Waals surface area (Å²) in [6.45, 7) is 8.64. The lowest BCUT2D eigenvalue weighted by atomic mass is 9.91. The van der Waals surface area contributed by atoms with E-state index in [0.717, 1.165) is 29.0 Å². The van der Waals surface area contributed by atoms with Gasteiger partial charge in [0.15, 0.2) is 0 Å². The minimum atomic E-state index is -1.30. The molecular weight excluding hydrogens is 274 g/mol. The number of halogens is 1. The van der Waals surface area contributed by atoms with Crippen LogP contribution in [0.5, 0.6) is 0 Å². The van der Waals surface area contributed by atoms with Gasteiger partial charge in [-0.2, -0.15) is 0 Å². The summed E-state index contributed by atoms with van der Waals surface area (Å²) in [5, 5.41) is 15.0. The van der Waals surface area contributed by atoms with Crippen molar-refractivity contribution in [2.45, 2.75) is 57.9 Å². The summed E-state index contributed by atoms with van der Waals surface area (Å²) in [7, 11) is 0. The van der Waals surface area contributed by atoms with Crippen molar-refractivity contribution in [3.8, 4) is 0 Å². The zero-order chi connectivity index (χ0) is 15.0. The third kappa shape index (κ3) is 3.01. The highest BCUT2D eigenvalue weighted by Gasteiger charge is 2.44. The molecule has 1 fully saturated rings. The van der Waals surface area contributed by atoms with Gasteiger partial charge >= 0.3 is 0 Å². The molecule has 1 aromatic carbocycles. The van der Waals surface area contributed by atoms with Gasteiger partial charge in [0.1, 0.15) is 0 Å². The molecule has 0 aliphatic carbocycles. The van der Waals surface area contributed by atoms with E-state index in [1.54, 1.807) is 0 Å². The maximum atomic E-state index is 10.9. The molecule has 1 saturated heterocycles. The number of ether oxygens (including phenoxy) is 1. The first-order valence-electron chi connectivity index (χ1n) is 7.21. The summed E-state index contributed by atoms with van der Waals surface area (Å²) < 4.78 is 5.80. The highest BCUT2D eigenvalue weighted by Crippen LogP contribution is 2.34. The van der Waals surface area contributed by atoms with E-state index < -0.39 is 5.79 Å². The van der Waals surface area contributed by atoms with Crippen molar-refractivity contribution in [3.63, 3.8) is 0 Å². The zero-order valence-electron chi connectivity index (χ0n) is 12.7. The van der Waals surface area contributed by atoms with Crippen LogP contribution in [-0.4, -0.2) is 23.3 Å². The number of morpholine rings is 1. The van der Waals surface area contributed by atoms with Crippen LogP contribution in [0.15, 0.2) is 18.2 Å². The normalized spacial score (nSPS) is 29.4. The molecule has 4 heteroatoms. The fourth-order valence-electron chi connectivity index (χ4n) is 2.73. The number of rotatable bonds is 3. The molecule has 1 aromatic rings. The van der Waals surface area contributed by atoms with Crippen molar-refractivity contribution in [1.82, 2.24) is 5.32 Å². The second-order valence-electron chi connectivity index (χ2n) is 6.29. The van der Waals surface area contributed by atoms with E-state index in [1.165, 1.54) is 0 Å². The van der Waals surface area contributed by atoms with Crippen molar-refractivity contribution in [2.75, 3.05) is 6.61 Å². The third-order valence-corrected chi connectivity index (χ3v) is 4.19. The van der Waals surface area contributed by atoms with Gasteiger partial charge in [-0.1, -0.05) is 31.0 Å². The fourth-order valence-corrected chi connectivity index (χ4v) is 2.94. The largest absolute Gasteiger partial charge is 0.361 e. The molecule has 1 heterocycles. The standard InChI is InChI=1S/C16H24ClNO2/c1-5-6-12-9-13(7-8-14(12)17)16(19)11(2)18-15(3,4)10-20-16/h7-9,11,18-19H,5-6,10H2,1-4H3. The Morgan fingerprint density at radius 3 is 2.75 bits per heavy atom. The Kier molecular flexibility index (Phi) is 4.45. The maximum Gasteiger partial charge on any atom is 0.208 e. The first kappa shape index (κ1) is 15.8. The molecule has 0 spiro atoms. The van der Waals surface area contributed by atoms with Crippen LogP contribution in [0.3, 0.4) is 0 Å². The molecule has 20 heavy (non-hydrogen) atoms. The monoisotopic (exact) mass is 297 g/mol. The smallest absolute Gasteiger partial charge is 0.208 e. The first-order valence-corrected chi connectivity index (χ1v) is 7.59. The minimum absolute atomic E-state index is 0.135. The van der Waals surface area contributed by atoms with Gasteiger partial charge < -0.3 is 15.2 Å². The average Bonchev–Trinajstić information content (AvgIpc) is 2.37. The van der Waals surface area contributed by atoms with Gasteiger partial charge in [0.05, 0.1) is 12.6 Å². The van der Waals surface area contributed by atoms with Crippen LogP contribution in [0.2, 0.25) is 5.02 Å². The molecule has 0 radical (unpaired) electrons. The van der Waals surface area contributed by atoms with Gasteiger partial charge in [-0.05, 0) is 44.9 Å². The Labute approximate surface area is 126 Å². The van der Waals surface area contributed by atoms with E-state index >= 15 is 0 Å². The van der Waals surface area contributed by atoms with Crippen molar-refractivity contribution in [1.29, 1.82) is 0 Å². The van der Waals surface area contributed by atoms with E-state index in [9.17, 15) is 5.11 Å². The average molecular weight is 298 g/mol. The lowest BCUT2D eigenvalue weighted by molar-refractivity contribution is -0.263. The van der Waals surface area contributed by atoms with E-state index in [2.05, 4.69) is 26.1 Å². The molecule has 2 N–H and O–H groups in total. The number of hydrogen-bond acceptors (Lipinski definition) is 3. The molecule has 2 unspecified atom stereocenters. The molecule has 2 rings (SSSR count). The molecule has 3 nitrogen and oxygen atoms in total. The van der Waals surface area contributed by atoms with Gasteiger partial charge in [0.25, 0.3) is 0 Å². The Hall–Kier alpha value is -0.610. The molecule has 112 valence electrons. The topological polar surface area (TPSA) is 41.5 Å². The number of hydrogen-bond donors (Lipinski definition) is 2. The number of aryl methyl sites for hydroxylation is 1. The number of aliphatic hydroxyl groups is 1. The predicted octanol–water partition coefficient (Wildman–Crippen LogP) is 3.22. The quantitative estimate of drug-likeness (QED) is 0.900. The Bertz CT molecular complexity index is 489. The highest BCUT2D eigenvalue weighted by molar-refractivity contribution is 6.31. The Morgan fingerprint density at radius 2 is 2.15 bits per heavy atom. The molecular formula is C16H24ClNO2. The van der Waals surface area contributed by atoms with Gasteiger partial charge in [0.2, 0.25) is 5.79 Å². The summed E-state index contributed by atoms with van der Waals surface area (Å²) in [6.07, 6.45) is 1.92. The van der Waals surface area contributed by atoms with Crippen LogP contribution in [0.1, 0.15) is 45.2 Å². The van der Waals surface area contributed by atoms with Crippen molar-refractivity contribution >= 4 is 11.6 Å². The highest BCUT2D eigenvalue weighted by atomic mass is 35.5. The van der Waals surface area contributed by atoms with Crippen LogP contribution < -0.4 is 5.32 Å². The fraction of sp³-hybridized carbons (Fsp3) is 0.625. The molecule has 0 aromatic heterocycles. The van der Waals surface area contributed by atoms with Crippen molar-refractivity contribution < 1.29 is 9.84 Å². The molecule has 0 amide bonds. The van der Waals surface area contributed by atoms with Crippen LogP contribution >= 0.6 is 11.6 Å². The zero-order valence-corrected chi connectivity index (χ0v) is 13.4. The van der Waals surface area contributed by atoms with E-state index in [0.29, 0.717) is 6.61 Å². The van der Waals surface area contributed by atoms with Crippen molar-refractivity contribution in [3.05, 3.63) is 34.3 Å². The summed E-state index contributed by atoms with van der Waals surface area (Å²) in [6, 6.07) is 5.46. The summed E-state index contributed by atoms with van der Waals surface area (Å²) >= 11 is 6.20. The SMILES string of the molecule is CCCc1cc(C2(O)OCC(C)(C)NC2C)ccc1Cl. The van der Waals surface area contributed by atoms with E-state index in [1.807, 2.05) is 25.1 Å². The van der Waals surface area contributed by atoms with Crippen molar-refractivity contribution in [2.24, 2.45) is 0 Å². The lowest BCUT2D eigenvalue weighted by Crippen LogP contribution is -2.63. The Balaban J connectivity index is 2.32. The molecule has 1 aliphatic heterocycles. The van der Waals surface area contributed by atoms with Crippen LogP contribution in [0.4, 0.5) is 0 Å². The van der Waals surface area contributed by atoms with E-state index in [4.69, 9.17) is 16.3 Å². The number of nitrogens with one attached hydrogen (secondary N) is 1. The minimum Gasteiger partial charge on any atom is -0.361 e. The van der Waals surface area contributed by atoms with E-state index in [-0.39, 0.29) is 11.6 Å². The summed E-state index contributed by atoms with van der Waals surface area (Å²) in [4.78, 5) is 0. The Morgan fingerprint density at radius 1 is 1.45 bits per heavy atom. The van der Waals surface area contributed by atoms with Crippen LogP contribution in [-0.2, 0) is 16.9 Å². The van der Waals surface area contributed by atoms with Crippen LogP contribution in [0.25, 0.3) is 0 Å². The van der Waals surface area contributed by atoms with Gasteiger partial charge in [-0.25, -0.2) is 0 Å². The molecule has 1 aliphatic rings. The van der Waals surface area contributed by atoms with Crippen LogP contribution in [0, 0.1) is 0 Å². The molecule has 2 atom stereocenters. The number of benzene rings is 1. The van der Waals surface area contributed by atoms with Gasteiger partial charge in [0, 0.05) is 16.1 Å². The first-order chi connectivity index (χ1) is 9.28. The third-order valence-electron chi connectivity index (χ3n) is 3.83.